The zero-order valence-electron chi connectivity index (χ0n) is 26.1. The van der Waals surface area contributed by atoms with Gasteiger partial charge in [-0.3, -0.25) is 4.40 Å². The molecule has 3 heterocycles. The van der Waals surface area contributed by atoms with Crippen molar-refractivity contribution in [3.05, 3.63) is 176 Å². The van der Waals surface area contributed by atoms with Gasteiger partial charge in [-0.1, -0.05) is 152 Å². The summed E-state index contributed by atoms with van der Waals surface area (Å²) in [6, 6.07) is 63.0. The molecular weight excluding hydrogens is 583 g/mol. The van der Waals surface area contributed by atoms with Crippen LogP contribution in [0.1, 0.15) is 0 Å². The quantitative estimate of drug-likeness (QED) is 0.182. The molecule has 0 aliphatic rings. The van der Waals surface area contributed by atoms with Crippen LogP contribution in [0, 0.1) is 0 Å². The van der Waals surface area contributed by atoms with Crippen LogP contribution in [0.3, 0.4) is 0 Å². The van der Waals surface area contributed by atoms with E-state index >= 15 is 0 Å². The van der Waals surface area contributed by atoms with Crippen molar-refractivity contribution in [2.75, 3.05) is 0 Å². The Morgan fingerprint density at radius 1 is 0.375 bits per heavy atom. The molecule has 3 heteroatoms. The number of benzene rings is 7. The van der Waals surface area contributed by atoms with Crippen LogP contribution in [0.5, 0.6) is 0 Å². The highest BCUT2D eigenvalue weighted by atomic mass is 15.0. The highest BCUT2D eigenvalue weighted by Crippen LogP contribution is 2.45. The molecule has 0 amide bonds. The van der Waals surface area contributed by atoms with Gasteiger partial charge < -0.3 is 4.57 Å². The van der Waals surface area contributed by atoms with Crippen molar-refractivity contribution in [3.63, 3.8) is 0 Å². The van der Waals surface area contributed by atoms with Crippen LogP contribution in [0.15, 0.2) is 176 Å². The standard InChI is InChI=1S/C45H29N3/c1-5-15-30(16-6-1)33-25-26-36-37-27-28-38-35-23-13-14-24-39(35)47(34-21-11-4-12-22-34)43(38)41(37)44-42(31-17-7-2-8-18-31)46-45(48(44)40(36)29-33)32-19-9-3-10-20-32/h1-29H. The number of aromatic nitrogens is 3. The van der Waals surface area contributed by atoms with Crippen molar-refractivity contribution in [1.29, 1.82) is 0 Å². The fraction of sp³-hybridized carbons (Fsp3) is 0. The van der Waals surface area contributed by atoms with Crippen LogP contribution < -0.4 is 0 Å². The Morgan fingerprint density at radius 3 is 1.67 bits per heavy atom. The molecule has 10 aromatic rings. The molecule has 0 unspecified atom stereocenters. The van der Waals surface area contributed by atoms with Gasteiger partial charge in [-0.2, -0.15) is 0 Å². The van der Waals surface area contributed by atoms with Crippen molar-refractivity contribution in [2.24, 2.45) is 0 Å². The van der Waals surface area contributed by atoms with Gasteiger partial charge in [0.15, 0.2) is 0 Å². The average Bonchev–Trinajstić information content (AvgIpc) is 3.73. The van der Waals surface area contributed by atoms with E-state index in [2.05, 4.69) is 185 Å². The van der Waals surface area contributed by atoms with Crippen LogP contribution in [0.25, 0.3) is 88.5 Å². The van der Waals surface area contributed by atoms with Crippen LogP contribution >= 0.6 is 0 Å². The van der Waals surface area contributed by atoms with Gasteiger partial charge >= 0.3 is 0 Å². The van der Waals surface area contributed by atoms with Crippen molar-refractivity contribution in [2.45, 2.75) is 0 Å². The Balaban J connectivity index is 1.50. The normalized spacial score (nSPS) is 11.8. The summed E-state index contributed by atoms with van der Waals surface area (Å²) >= 11 is 0. The maximum absolute atomic E-state index is 5.55. The average molecular weight is 612 g/mol. The molecule has 0 saturated carbocycles. The highest BCUT2D eigenvalue weighted by molar-refractivity contribution is 6.28. The van der Waals surface area contributed by atoms with Crippen LogP contribution in [-0.4, -0.2) is 14.0 Å². The summed E-state index contributed by atoms with van der Waals surface area (Å²) in [4.78, 5) is 5.55. The van der Waals surface area contributed by atoms with E-state index in [0.29, 0.717) is 0 Å². The summed E-state index contributed by atoms with van der Waals surface area (Å²) in [6.07, 6.45) is 0. The van der Waals surface area contributed by atoms with E-state index in [1.807, 2.05) is 0 Å². The summed E-state index contributed by atoms with van der Waals surface area (Å²) < 4.78 is 4.87. The monoisotopic (exact) mass is 611 g/mol. The molecule has 3 nitrogen and oxygen atoms in total. The number of fused-ring (bicyclic) bond motifs is 10. The molecule has 0 N–H and O–H groups in total. The van der Waals surface area contributed by atoms with E-state index in [1.54, 1.807) is 0 Å². The van der Waals surface area contributed by atoms with Crippen LogP contribution in [0.2, 0.25) is 0 Å². The maximum Gasteiger partial charge on any atom is 0.145 e. The first kappa shape index (κ1) is 26.7. The van der Waals surface area contributed by atoms with Crippen molar-refractivity contribution in [1.82, 2.24) is 14.0 Å². The molecule has 0 radical (unpaired) electrons. The summed E-state index contributed by atoms with van der Waals surface area (Å²) in [5, 5.41) is 6.06. The first-order chi connectivity index (χ1) is 23.8. The lowest BCUT2D eigenvalue weighted by atomic mass is 9.97. The third-order valence-electron chi connectivity index (χ3n) is 9.68. The fourth-order valence-corrected chi connectivity index (χ4v) is 7.59. The van der Waals surface area contributed by atoms with E-state index in [4.69, 9.17) is 4.98 Å². The van der Waals surface area contributed by atoms with Crippen LogP contribution in [-0.2, 0) is 0 Å². The minimum atomic E-state index is 0.931. The molecule has 10 rings (SSSR count). The zero-order valence-corrected chi connectivity index (χ0v) is 26.1. The van der Waals surface area contributed by atoms with E-state index in [0.717, 1.165) is 39.4 Å². The number of hydrogen-bond donors (Lipinski definition) is 0. The van der Waals surface area contributed by atoms with Crippen molar-refractivity contribution in [3.8, 4) is 39.5 Å². The Bertz CT molecular complexity index is 2800. The molecule has 0 aliphatic heterocycles. The van der Waals surface area contributed by atoms with Crippen molar-refractivity contribution < 1.29 is 0 Å². The number of para-hydroxylation sites is 2. The lowest BCUT2D eigenvalue weighted by Crippen LogP contribution is -1.98. The van der Waals surface area contributed by atoms with E-state index in [-0.39, 0.29) is 0 Å². The largest absolute Gasteiger partial charge is 0.309 e. The Hall–Kier alpha value is -6.45. The van der Waals surface area contributed by atoms with E-state index in [1.165, 1.54) is 49.1 Å². The molecule has 0 fully saturated rings. The van der Waals surface area contributed by atoms with Gasteiger partial charge in [-0.25, -0.2) is 4.98 Å². The molecule has 48 heavy (non-hydrogen) atoms. The predicted octanol–water partition coefficient (Wildman–Crippen LogP) is 11.7. The molecule has 224 valence electrons. The summed E-state index contributed by atoms with van der Waals surface area (Å²) in [5.74, 6) is 0.931. The third-order valence-corrected chi connectivity index (χ3v) is 9.68. The Kier molecular flexibility index (Phi) is 5.87. The molecule has 0 bridgehead atoms. The van der Waals surface area contributed by atoms with Gasteiger partial charge in [-0.15, -0.1) is 0 Å². The highest BCUT2D eigenvalue weighted by Gasteiger charge is 2.24. The summed E-state index contributed by atoms with van der Waals surface area (Å²) in [5.41, 5.74) is 11.3. The molecule has 0 atom stereocenters. The van der Waals surface area contributed by atoms with Gasteiger partial charge in [0.2, 0.25) is 0 Å². The van der Waals surface area contributed by atoms with Gasteiger partial charge in [0, 0.05) is 38.4 Å². The Labute approximate surface area is 277 Å². The van der Waals surface area contributed by atoms with Gasteiger partial charge in [0.25, 0.3) is 0 Å². The molecule has 7 aromatic carbocycles. The maximum atomic E-state index is 5.55. The van der Waals surface area contributed by atoms with Gasteiger partial charge in [-0.05, 0) is 40.8 Å². The predicted molar refractivity (Wildman–Crippen MR) is 201 cm³/mol. The summed E-state index contributed by atoms with van der Waals surface area (Å²) in [7, 11) is 0. The van der Waals surface area contributed by atoms with Crippen molar-refractivity contribution >= 4 is 49.0 Å². The second-order valence-electron chi connectivity index (χ2n) is 12.4. The second kappa shape index (κ2) is 10.5. The van der Waals surface area contributed by atoms with Crippen LogP contribution in [0.4, 0.5) is 0 Å². The Morgan fingerprint density at radius 2 is 0.938 bits per heavy atom. The number of pyridine rings is 1. The number of hydrogen-bond acceptors (Lipinski definition) is 1. The minimum absolute atomic E-state index is 0.931. The molecule has 3 aromatic heterocycles. The van der Waals surface area contributed by atoms with Gasteiger partial charge in [0.05, 0.1) is 27.8 Å². The minimum Gasteiger partial charge on any atom is -0.309 e. The molecule has 0 aliphatic carbocycles. The molecule has 0 spiro atoms. The van der Waals surface area contributed by atoms with Gasteiger partial charge in [0.1, 0.15) is 5.82 Å². The smallest absolute Gasteiger partial charge is 0.145 e. The summed E-state index contributed by atoms with van der Waals surface area (Å²) in [6.45, 7) is 0. The first-order valence-corrected chi connectivity index (χ1v) is 16.4. The lowest BCUT2D eigenvalue weighted by Gasteiger charge is -2.16. The zero-order chi connectivity index (χ0) is 31.6. The topological polar surface area (TPSA) is 22.2 Å². The first-order valence-electron chi connectivity index (χ1n) is 16.4. The van der Waals surface area contributed by atoms with E-state index < -0.39 is 0 Å². The number of rotatable bonds is 4. The second-order valence-corrected chi connectivity index (χ2v) is 12.4. The SMILES string of the molecule is c1ccc(-c2ccc3c4ccc5c6ccccc6n(-c6ccccc6)c5c4c4c(-c5ccccc5)nc(-c5ccccc5)n4c3c2)cc1. The lowest BCUT2D eigenvalue weighted by molar-refractivity contribution is 1.18. The number of imidazole rings is 1. The van der Waals surface area contributed by atoms with E-state index in [9.17, 15) is 0 Å². The molecule has 0 saturated heterocycles. The molecular formula is C45H29N3. The number of nitrogens with zero attached hydrogens (tertiary/aromatic N) is 3. The third kappa shape index (κ3) is 3.91. The fourth-order valence-electron chi connectivity index (χ4n) is 7.59.